The van der Waals surface area contributed by atoms with Gasteiger partial charge in [-0.2, -0.15) is 0 Å². The smallest absolute Gasteiger partial charge is 0.242 e. The molecule has 2 aromatic rings. The fraction of sp³-hybridized carbons (Fsp3) is 0.455. The normalized spacial score (nSPS) is 15.7. The van der Waals surface area contributed by atoms with Gasteiger partial charge in [0.15, 0.2) is 5.96 Å². The number of pyridine rings is 1. The topological polar surface area (TPSA) is 98.7 Å². The van der Waals surface area contributed by atoms with Crippen LogP contribution in [0.1, 0.15) is 25.3 Å². The molecular weight excluding hydrogens is 539 g/mol. The van der Waals surface area contributed by atoms with Gasteiger partial charge in [0, 0.05) is 51.2 Å². The number of guanidine groups is 1. The first-order valence-corrected chi connectivity index (χ1v) is 12.3. The van der Waals surface area contributed by atoms with E-state index in [0.717, 1.165) is 45.0 Å². The quantitative estimate of drug-likeness (QED) is 0.185. The first-order chi connectivity index (χ1) is 15.1. The van der Waals surface area contributed by atoms with Crippen molar-refractivity contribution in [3.63, 3.8) is 0 Å². The minimum atomic E-state index is -3.56. The van der Waals surface area contributed by atoms with Gasteiger partial charge >= 0.3 is 0 Å². The highest BCUT2D eigenvalue weighted by Crippen LogP contribution is 2.13. The van der Waals surface area contributed by atoms with Crippen LogP contribution in [0.2, 0.25) is 0 Å². The molecule has 1 aliphatic rings. The van der Waals surface area contributed by atoms with Crippen molar-refractivity contribution in [2.45, 2.75) is 37.2 Å². The van der Waals surface area contributed by atoms with Crippen LogP contribution in [0.3, 0.4) is 0 Å². The molecule has 1 aromatic carbocycles. The number of aromatic nitrogens is 1. The van der Waals surface area contributed by atoms with Gasteiger partial charge in [0.25, 0.3) is 0 Å². The predicted molar refractivity (Wildman–Crippen MR) is 139 cm³/mol. The van der Waals surface area contributed by atoms with E-state index >= 15 is 0 Å². The minimum Gasteiger partial charge on any atom is -0.357 e. The molecule has 1 saturated heterocycles. The average Bonchev–Trinajstić information content (AvgIpc) is 2.79. The Morgan fingerprint density at radius 3 is 2.56 bits per heavy atom. The summed E-state index contributed by atoms with van der Waals surface area (Å²) in [5.74, 6) is 0.726. The molecule has 2 heterocycles. The van der Waals surface area contributed by atoms with E-state index in [-0.39, 0.29) is 35.4 Å². The second-order valence-electron chi connectivity index (χ2n) is 7.53. The number of piperidine rings is 1. The number of halogens is 1. The van der Waals surface area contributed by atoms with Crippen LogP contribution in [0, 0.1) is 0 Å². The number of likely N-dealkylation sites (tertiary alicyclic amines) is 1. The Bertz CT molecular complexity index is 920. The highest BCUT2D eigenvalue weighted by Gasteiger charge is 2.20. The molecule has 3 rings (SSSR count). The van der Waals surface area contributed by atoms with E-state index in [0.29, 0.717) is 12.6 Å². The number of hydrogen-bond acceptors (Lipinski definition) is 5. The highest BCUT2D eigenvalue weighted by molar-refractivity contribution is 14.0. The Hall–Kier alpha value is -1.76. The van der Waals surface area contributed by atoms with E-state index in [1.165, 1.54) is 17.8 Å². The van der Waals surface area contributed by atoms with E-state index in [4.69, 9.17) is 0 Å². The number of hydrogen-bond donors (Lipinski definition) is 3. The predicted octanol–water partition coefficient (Wildman–Crippen LogP) is 2.20. The van der Waals surface area contributed by atoms with Gasteiger partial charge in [-0.15, -0.1) is 24.0 Å². The Labute approximate surface area is 208 Å². The van der Waals surface area contributed by atoms with Crippen LogP contribution in [-0.4, -0.2) is 63.0 Å². The van der Waals surface area contributed by atoms with Crippen molar-refractivity contribution < 1.29 is 8.42 Å². The third-order valence-electron chi connectivity index (χ3n) is 5.14. The molecule has 0 atom stereocenters. The molecule has 10 heteroatoms. The maximum absolute atomic E-state index is 12.2. The average molecular weight is 573 g/mol. The number of nitrogens with zero attached hydrogens (tertiary/aromatic N) is 3. The van der Waals surface area contributed by atoms with E-state index in [1.807, 2.05) is 13.0 Å². The van der Waals surface area contributed by atoms with Crippen molar-refractivity contribution in [3.05, 3.63) is 60.4 Å². The van der Waals surface area contributed by atoms with E-state index in [2.05, 4.69) is 54.5 Å². The molecule has 1 aromatic heterocycles. The maximum atomic E-state index is 12.2. The lowest BCUT2D eigenvalue weighted by atomic mass is 10.0. The number of aliphatic imine (C=N–C) groups is 1. The Morgan fingerprint density at radius 1 is 1.16 bits per heavy atom. The van der Waals surface area contributed by atoms with Crippen LogP contribution in [0.25, 0.3) is 0 Å². The lowest BCUT2D eigenvalue weighted by Gasteiger charge is -2.33. The Balaban J connectivity index is 0.00000363. The Kier molecular flexibility index (Phi) is 11.4. The number of benzene rings is 1. The van der Waals surface area contributed by atoms with E-state index in [1.54, 1.807) is 12.3 Å². The second kappa shape index (κ2) is 13.7. The molecule has 0 spiro atoms. The molecule has 1 aliphatic heterocycles. The van der Waals surface area contributed by atoms with Gasteiger partial charge in [0.05, 0.1) is 6.54 Å². The van der Waals surface area contributed by atoms with Crippen LogP contribution in [-0.2, 0) is 16.6 Å². The molecule has 0 aliphatic carbocycles. The summed E-state index contributed by atoms with van der Waals surface area (Å²) >= 11 is 0. The largest absolute Gasteiger partial charge is 0.357 e. The summed E-state index contributed by atoms with van der Waals surface area (Å²) in [6.07, 6.45) is 4.97. The molecule has 0 radical (unpaired) electrons. The maximum Gasteiger partial charge on any atom is 0.242 e. The van der Waals surface area contributed by atoms with Crippen LogP contribution in [0.15, 0.2) is 64.7 Å². The standard InChI is InChI=1S/C22H32N6O2S.HI/c1-2-24-22(25-13-14-26-31(29,30)21-9-6-12-23-17-21)27-20-10-15-28(16-11-20)18-19-7-4-3-5-8-19;/h3-9,12,17,20,26H,2,10-11,13-16,18H2,1H3,(H2,24,25,27);1H. The molecular formula is C22H33IN6O2S. The van der Waals surface area contributed by atoms with Crippen molar-refractivity contribution >= 4 is 40.0 Å². The summed E-state index contributed by atoms with van der Waals surface area (Å²) < 4.78 is 27.1. The van der Waals surface area contributed by atoms with Crippen molar-refractivity contribution in [1.29, 1.82) is 0 Å². The monoisotopic (exact) mass is 572 g/mol. The molecule has 32 heavy (non-hydrogen) atoms. The summed E-state index contributed by atoms with van der Waals surface area (Å²) in [7, 11) is -3.56. The van der Waals surface area contributed by atoms with E-state index < -0.39 is 10.0 Å². The summed E-state index contributed by atoms with van der Waals surface area (Å²) in [5.41, 5.74) is 1.34. The van der Waals surface area contributed by atoms with Crippen molar-refractivity contribution in [2.75, 3.05) is 32.7 Å². The van der Waals surface area contributed by atoms with Gasteiger partial charge in [0.1, 0.15) is 4.90 Å². The summed E-state index contributed by atoms with van der Waals surface area (Å²) in [6, 6.07) is 14.0. The fourth-order valence-corrected chi connectivity index (χ4v) is 4.51. The lowest BCUT2D eigenvalue weighted by Crippen LogP contribution is -2.48. The molecule has 0 unspecified atom stereocenters. The van der Waals surface area contributed by atoms with Crippen molar-refractivity contribution in [3.8, 4) is 0 Å². The third-order valence-corrected chi connectivity index (χ3v) is 6.59. The highest BCUT2D eigenvalue weighted by atomic mass is 127. The zero-order valence-electron chi connectivity index (χ0n) is 18.4. The molecule has 0 amide bonds. The van der Waals surface area contributed by atoms with Gasteiger partial charge in [0.2, 0.25) is 10.0 Å². The molecule has 1 fully saturated rings. The van der Waals surface area contributed by atoms with Gasteiger partial charge in [-0.1, -0.05) is 30.3 Å². The molecule has 0 bridgehead atoms. The van der Waals surface area contributed by atoms with Gasteiger partial charge in [-0.05, 0) is 37.5 Å². The number of rotatable bonds is 9. The van der Waals surface area contributed by atoms with Gasteiger partial charge < -0.3 is 10.6 Å². The summed E-state index contributed by atoms with van der Waals surface area (Å²) in [5, 5.41) is 6.74. The van der Waals surface area contributed by atoms with Crippen LogP contribution in [0.5, 0.6) is 0 Å². The summed E-state index contributed by atoms with van der Waals surface area (Å²) in [6.45, 7) is 6.41. The fourth-order valence-electron chi connectivity index (χ4n) is 3.53. The third kappa shape index (κ3) is 8.64. The van der Waals surface area contributed by atoms with Crippen LogP contribution in [0.4, 0.5) is 0 Å². The molecule has 3 N–H and O–H groups in total. The molecule has 176 valence electrons. The Morgan fingerprint density at radius 2 is 1.91 bits per heavy atom. The molecule has 0 saturated carbocycles. The minimum absolute atomic E-state index is 0. The van der Waals surface area contributed by atoms with Crippen LogP contribution >= 0.6 is 24.0 Å². The van der Waals surface area contributed by atoms with Crippen LogP contribution < -0.4 is 15.4 Å². The summed E-state index contributed by atoms with van der Waals surface area (Å²) in [4.78, 5) is 11.0. The van der Waals surface area contributed by atoms with Gasteiger partial charge in [-0.3, -0.25) is 14.9 Å². The van der Waals surface area contributed by atoms with E-state index in [9.17, 15) is 8.42 Å². The lowest BCUT2D eigenvalue weighted by molar-refractivity contribution is 0.198. The zero-order valence-corrected chi connectivity index (χ0v) is 21.6. The zero-order chi connectivity index (χ0) is 21.9. The number of sulfonamides is 1. The van der Waals surface area contributed by atoms with Crippen molar-refractivity contribution in [1.82, 2.24) is 25.2 Å². The first kappa shape index (κ1) is 26.5. The second-order valence-corrected chi connectivity index (χ2v) is 9.29. The number of nitrogens with one attached hydrogen (secondary N) is 3. The first-order valence-electron chi connectivity index (χ1n) is 10.8. The molecule has 8 nitrogen and oxygen atoms in total. The van der Waals surface area contributed by atoms with Crippen molar-refractivity contribution in [2.24, 2.45) is 4.99 Å². The SMILES string of the molecule is CCNC(=NCCNS(=O)(=O)c1cccnc1)NC1CCN(Cc2ccccc2)CC1.I. The van der Waals surface area contributed by atoms with Gasteiger partial charge in [-0.25, -0.2) is 13.1 Å².